The summed E-state index contributed by atoms with van der Waals surface area (Å²) in [6, 6.07) is 7.98. The molecule has 2 rings (SSSR count). The topological polar surface area (TPSA) is 58.3 Å². The first-order valence-electron chi connectivity index (χ1n) is 8.24. The van der Waals surface area contributed by atoms with Crippen molar-refractivity contribution in [1.82, 2.24) is 10.3 Å². The Kier molecular flexibility index (Phi) is 5.60. The van der Waals surface area contributed by atoms with Crippen LogP contribution in [-0.2, 0) is 5.60 Å². The van der Waals surface area contributed by atoms with Crippen LogP contribution in [-0.4, -0.2) is 16.6 Å². The fraction of sp³-hybridized carbons (Fsp3) is 0.526. The first kappa shape index (κ1) is 17.7. The molecule has 0 saturated carbocycles. The van der Waals surface area contributed by atoms with Crippen molar-refractivity contribution >= 4 is 0 Å². The number of furan rings is 1. The molecule has 0 amide bonds. The van der Waals surface area contributed by atoms with Crippen molar-refractivity contribution < 1.29 is 9.52 Å². The van der Waals surface area contributed by atoms with E-state index in [1.54, 1.807) is 0 Å². The van der Waals surface area contributed by atoms with Crippen molar-refractivity contribution in [3.63, 3.8) is 0 Å². The third kappa shape index (κ3) is 4.66. The van der Waals surface area contributed by atoms with Crippen molar-refractivity contribution in [3.8, 4) is 0 Å². The summed E-state index contributed by atoms with van der Waals surface area (Å²) < 4.78 is 5.56. The van der Waals surface area contributed by atoms with Crippen LogP contribution in [0.4, 0.5) is 0 Å². The second kappa shape index (κ2) is 7.28. The molecular formula is C19H28N2O2. The molecule has 2 aromatic rings. The van der Waals surface area contributed by atoms with Crippen molar-refractivity contribution in [3.05, 3.63) is 53.2 Å². The molecule has 0 radical (unpaired) electrons. The van der Waals surface area contributed by atoms with E-state index >= 15 is 0 Å². The van der Waals surface area contributed by atoms with E-state index in [1.807, 2.05) is 51.2 Å². The number of rotatable bonds is 7. The molecule has 2 heterocycles. The lowest BCUT2D eigenvalue weighted by Crippen LogP contribution is -2.38. The van der Waals surface area contributed by atoms with Gasteiger partial charge in [-0.15, -0.1) is 0 Å². The monoisotopic (exact) mass is 316 g/mol. The Hall–Kier alpha value is -1.65. The van der Waals surface area contributed by atoms with E-state index in [4.69, 9.17) is 4.42 Å². The van der Waals surface area contributed by atoms with Gasteiger partial charge in [-0.3, -0.25) is 4.98 Å². The Balaban J connectivity index is 2.12. The average Bonchev–Trinajstić information content (AvgIpc) is 2.84. The lowest BCUT2D eigenvalue weighted by Gasteiger charge is -2.28. The van der Waals surface area contributed by atoms with Gasteiger partial charge in [-0.05, 0) is 51.3 Å². The maximum absolute atomic E-state index is 10.9. The van der Waals surface area contributed by atoms with Gasteiger partial charge in [-0.1, -0.05) is 19.9 Å². The van der Waals surface area contributed by atoms with Crippen LogP contribution in [0.2, 0.25) is 0 Å². The number of hydrogen-bond donors (Lipinski definition) is 2. The van der Waals surface area contributed by atoms with Crippen LogP contribution in [0, 0.1) is 19.8 Å². The number of nitrogens with zero attached hydrogens (tertiary/aromatic N) is 1. The van der Waals surface area contributed by atoms with Gasteiger partial charge in [-0.25, -0.2) is 0 Å². The summed E-state index contributed by atoms with van der Waals surface area (Å²) in [4.78, 5) is 4.46. The van der Waals surface area contributed by atoms with E-state index in [0.717, 1.165) is 29.2 Å². The SMILES string of the molecule is Cc1cc(C(C)(O)CNC(CC(C)C)c2ccccn2)c(C)o1. The Morgan fingerprint density at radius 1 is 1.30 bits per heavy atom. The molecule has 0 aliphatic heterocycles. The third-order valence-corrected chi connectivity index (χ3v) is 4.07. The summed E-state index contributed by atoms with van der Waals surface area (Å²) in [6.07, 6.45) is 2.78. The highest BCUT2D eigenvalue weighted by Crippen LogP contribution is 2.28. The molecule has 2 N–H and O–H groups in total. The third-order valence-electron chi connectivity index (χ3n) is 4.07. The molecule has 0 aliphatic carbocycles. The Labute approximate surface area is 138 Å². The minimum absolute atomic E-state index is 0.121. The molecule has 0 bridgehead atoms. The highest BCUT2D eigenvalue weighted by Gasteiger charge is 2.29. The second-order valence-corrected chi connectivity index (χ2v) is 6.92. The molecule has 0 aliphatic rings. The number of aromatic nitrogens is 1. The molecule has 2 aromatic heterocycles. The van der Waals surface area contributed by atoms with Gasteiger partial charge in [0.15, 0.2) is 0 Å². The van der Waals surface area contributed by atoms with Gasteiger partial charge >= 0.3 is 0 Å². The van der Waals surface area contributed by atoms with Gasteiger partial charge in [0.2, 0.25) is 0 Å². The Bertz CT molecular complexity index is 618. The van der Waals surface area contributed by atoms with E-state index < -0.39 is 5.60 Å². The van der Waals surface area contributed by atoms with Crippen LogP contribution in [0.1, 0.15) is 56.0 Å². The zero-order chi connectivity index (χ0) is 17.0. The highest BCUT2D eigenvalue weighted by atomic mass is 16.3. The second-order valence-electron chi connectivity index (χ2n) is 6.92. The molecule has 126 valence electrons. The van der Waals surface area contributed by atoms with Gasteiger partial charge in [-0.2, -0.15) is 0 Å². The van der Waals surface area contributed by atoms with Crippen LogP contribution < -0.4 is 5.32 Å². The fourth-order valence-corrected chi connectivity index (χ4v) is 2.94. The normalized spacial score (nSPS) is 15.6. The molecule has 0 saturated heterocycles. The maximum atomic E-state index is 10.9. The van der Waals surface area contributed by atoms with Crippen molar-refractivity contribution in [1.29, 1.82) is 0 Å². The maximum Gasteiger partial charge on any atom is 0.107 e. The molecule has 0 aromatic carbocycles. The standard InChI is InChI=1S/C19H28N2O2/c1-13(2)10-18(17-8-6-7-9-20-17)21-12-19(5,22)16-11-14(3)23-15(16)4/h6-9,11,13,18,21-22H,10,12H2,1-5H3. The number of aliphatic hydroxyl groups is 1. The molecule has 0 fully saturated rings. The first-order chi connectivity index (χ1) is 10.8. The van der Waals surface area contributed by atoms with Crippen molar-refractivity contribution in [2.24, 2.45) is 5.92 Å². The summed E-state index contributed by atoms with van der Waals surface area (Å²) in [5.74, 6) is 2.13. The zero-order valence-corrected chi connectivity index (χ0v) is 14.8. The molecule has 4 heteroatoms. The highest BCUT2D eigenvalue weighted by molar-refractivity contribution is 5.27. The number of aryl methyl sites for hydroxylation is 2. The lowest BCUT2D eigenvalue weighted by molar-refractivity contribution is 0.0513. The zero-order valence-electron chi connectivity index (χ0n) is 14.8. The van der Waals surface area contributed by atoms with Gasteiger partial charge in [0.05, 0.1) is 5.69 Å². The smallest absolute Gasteiger partial charge is 0.107 e. The first-order valence-corrected chi connectivity index (χ1v) is 8.24. The van der Waals surface area contributed by atoms with Crippen molar-refractivity contribution in [2.45, 2.75) is 52.7 Å². The van der Waals surface area contributed by atoms with Crippen LogP contribution >= 0.6 is 0 Å². The number of hydrogen-bond acceptors (Lipinski definition) is 4. The Morgan fingerprint density at radius 3 is 2.57 bits per heavy atom. The fourth-order valence-electron chi connectivity index (χ4n) is 2.94. The van der Waals surface area contributed by atoms with Crippen LogP contribution in [0.5, 0.6) is 0 Å². The minimum Gasteiger partial charge on any atom is -0.466 e. The van der Waals surface area contributed by atoms with Crippen molar-refractivity contribution in [2.75, 3.05) is 6.54 Å². The molecule has 2 unspecified atom stereocenters. The predicted molar refractivity (Wildman–Crippen MR) is 92.2 cm³/mol. The van der Waals surface area contributed by atoms with Crippen LogP contribution in [0.3, 0.4) is 0 Å². The summed E-state index contributed by atoms with van der Waals surface area (Å²) in [5.41, 5.74) is 0.871. The minimum atomic E-state index is -0.980. The van der Waals surface area contributed by atoms with E-state index in [0.29, 0.717) is 12.5 Å². The number of nitrogens with one attached hydrogen (secondary N) is 1. The van der Waals surface area contributed by atoms with E-state index in [1.165, 1.54) is 0 Å². The number of pyridine rings is 1. The molecule has 23 heavy (non-hydrogen) atoms. The van der Waals surface area contributed by atoms with E-state index in [2.05, 4.69) is 24.1 Å². The summed E-state index contributed by atoms with van der Waals surface area (Å²) in [7, 11) is 0. The lowest BCUT2D eigenvalue weighted by atomic mass is 9.94. The molecule has 0 spiro atoms. The quantitative estimate of drug-likeness (QED) is 0.814. The van der Waals surface area contributed by atoms with Gasteiger partial charge in [0, 0.05) is 24.3 Å². The van der Waals surface area contributed by atoms with Gasteiger partial charge in [0.25, 0.3) is 0 Å². The van der Waals surface area contributed by atoms with E-state index in [-0.39, 0.29) is 6.04 Å². The predicted octanol–water partition coefficient (Wildman–Crippen LogP) is 3.88. The van der Waals surface area contributed by atoms with Crippen LogP contribution in [0.15, 0.2) is 34.9 Å². The largest absolute Gasteiger partial charge is 0.466 e. The summed E-state index contributed by atoms with van der Waals surface area (Å²) >= 11 is 0. The summed E-state index contributed by atoms with van der Waals surface area (Å²) in [5, 5.41) is 14.4. The van der Waals surface area contributed by atoms with Gasteiger partial charge < -0.3 is 14.8 Å². The molecular weight excluding hydrogens is 288 g/mol. The van der Waals surface area contributed by atoms with E-state index in [9.17, 15) is 5.11 Å². The Morgan fingerprint density at radius 2 is 2.04 bits per heavy atom. The summed E-state index contributed by atoms with van der Waals surface area (Å²) in [6.45, 7) is 10.4. The average molecular weight is 316 g/mol. The van der Waals surface area contributed by atoms with Crippen LogP contribution in [0.25, 0.3) is 0 Å². The molecule has 2 atom stereocenters. The van der Waals surface area contributed by atoms with Gasteiger partial charge in [0.1, 0.15) is 17.1 Å². The molecule has 4 nitrogen and oxygen atoms in total.